The number of rotatable bonds is 2. The van der Waals surface area contributed by atoms with Gasteiger partial charge in [-0.3, -0.25) is 10.1 Å². The van der Waals surface area contributed by atoms with E-state index in [2.05, 4.69) is 24.1 Å². The molecule has 0 unspecified atom stereocenters. The minimum Gasteiger partial charge on any atom is -0.454 e. The number of aromatic nitrogens is 1. The zero-order valence-electron chi connectivity index (χ0n) is 13.5. The highest BCUT2D eigenvalue weighted by molar-refractivity contribution is 5.82. The number of carbonyl (C=O) groups excluding carboxylic acids is 1. The van der Waals surface area contributed by atoms with Gasteiger partial charge in [-0.25, -0.2) is 0 Å². The molecule has 0 aliphatic carbocycles. The Kier molecular flexibility index (Phi) is 3.20. The highest BCUT2D eigenvalue weighted by Crippen LogP contribution is 2.38. The van der Waals surface area contributed by atoms with Crippen LogP contribution in [0.25, 0.3) is 0 Å². The van der Waals surface area contributed by atoms with Crippen LogP contribution in [-0.2, 0) is 11.2 Å². The lowest BCUT2D eigenvalue weighted by Gasteiger charge is -2.30. The van der Waals surface area contributed by atoms with Gasteiger partial charge in [-0.1, -0.05) is 6.07 Å². The normalized spacial score (nSPS) is 22.0. The molecule has 0 saturated carbocycles. The Hall–Kier alpha value is -2.27. The number of nitrogens with one attached hydrogen (secondary N) is 2. The van der Waals surface area contributed by atoms with Crippen LogP contribution in [0.1, 0.15) is 41.0 Å². The van der Waals surface area contributed by atoms with Crippen molar-refractivity contribution in [3.05, 3.63) is 46.3 Å². The summed E-state index contributed by atoms with van der Waals surface area (Å²) in [5, 5.41) is 3.48. The maximum absolute atomic E-state index is 12.0. The molecule has 0 radical (unpaired) electrons. The lowest BCUT2D eigenvalue weighted by atomic mass is 9.88. The second-order valence-electron chi connectivity index (χ2n) is 6.35. The van der Waals surface area contributed by atoms with Gasteiger partial charge in [-0.2, -0.15) is 0 Å². The van der Waals surface area contributed by atoms with Gasteiger partial charge in [0.2, 0.25) is 6.79 Å². The molecule has 120 valence electrons. The van der Waals surface area contributed by atoms with E-state index in [0.717, 1.165) is 34.9 Å². The van der Waals surface area contributed by atoms with Crippen LogP contribution in [0, 0.1) is 13.8 Å². The molecule has 4 rings (SSSR count). The number of hydrogen-bond acceptors (Lipinski definition) is 4. The monoisotopic (exact) mass is 312 g/mol. The van der Waals surface area contributed by atoms with Crippen LogP contribution in [0.3, 0.4) is 0 Å². The molecule has 23 heavy (non-hydrogen) atoms. The van der Waals surface area contributed by atoms with Crippen LogP contribution in [0.5, 0.6) is 11.5 Å². The van der Waals surface area contributed by atoms with Crippen LogP contribution in [-0.4, -0.2) is 23.6 Å². The lowest BCUT2D eigenvalue weighted by Crippen LogP contribution is -2.44. The molecule has 2 aliphatic heterocycles. The molecule has 0 bridgehead atoms. The summed E-state index contributed by atoms with van der Waals surface area (Å²) in [4.78, 5) is 15.5. The highest BCUT2D eigenvalue weighted by atomic mass is 16.7. The average molecular weight is 312 g/mol. The Balaban J connectivity index is 1.81. The van der Waals surface area contributed by atoms with Crippen molar-refractivity contribution in [2.75, 3.05) is 6.79 Å². The van der Waals surface area contributed by atoms with E-state index in [9.17, 15) is 4.79 Å². The number of H-pyrrole nitrogens is 1. The molecule has 2 aliphatic rings. The molecule has 5 heteroatoms. The van der Waals surface area contributed by atoms with E-state index in [-0.39, 0.29) is 24.7 Å². The number of Topliss-reactive ketones (excluding diaryl/α,β-unsaturated/α-hetero) is 1. The quantitative estimate of drug-likeness (QED) is 0.894. The Morgan fingerprint density at radius 3 is 2.78 bits per heavy atom. The molecule has 5 nitrogen and oxygen atoms in total. The molecular formula is C18H20N2O3. The summed E-state index contributed by atoms with van der Waals surface area (Å²) >= 11 is 0. The van der Waals surface area contributed by atoms with E-state index in [1.165, 1.54) is 11.1 Å². The molecule has 0 saturated heterocycles. The van der Waals surface area contributed by atoms with Crippen molar-refractivity contribution in [1.29, 1.82) is 0 Å². The van der Waals surface area contributed by atoms with E-state index in [1.807, 2.05) is 18.2 Å². The van der Waals surface area contributed by atoms with Crippen molar-refractivity contribution in [2.24, 2.45) is 0 Å². The van der Waals surface area contributed by atoms with Crippen LogP contribution < -0.4 is 14.8 Å². The maximum Gasteiger partial charge on any atom is 0.231 e. The standard InChI is InChI=1S/C18H20N2O3/c1-9-10(2)19-18-13(9)7-14(11(3)21)20-17(18)12-4-5-15-16(6-12)23-8-22-15/h4-6,14,17,19-20H,7-8H2,1-3H3/t14-,17-/m1/s1. The largest absolute Gasteiger partial charge is 0.454 e. The number of hydrogen-bond donors (Lipinski definition) is 2. The van der Waals surface area contributed by atoms with Gasteiger partial charge in [0.05, 0.1) is 12.1 Å². The smallest absolute Gasteiger partial charge is 0.231 e. The van der Waals surface area contributed by atoms with E-state index in [1.54, 1.807) is 6.92 Å². The summed E-state index contributed by atoms with van der Waals surface area (Å²) in [5.74, 6) is 1.70. The van der Waals surface area contributed by atoms with E-state index >= 15 is 0 Å². The Morgan fingerprint density at radius 1 is 1.22 bits per heavy atom. The minimum absolute atomic E-state index is 0.0467. The SMILES string of the molecule is CC(=O)[C@H]1Cc2c([nH]c(C)c2C)[C@@H](c2ccc3c(c2)OCO3)N1. The van der Waals surface area contributed by atoms with Crippen molar-refractivity contribution < 1.29 is 14.3 Å². The molecular weight excluding hydrogens is 292 g/mol. The van der Waals surface area contributed by atoms with Crippen LogP contribution in [0.4, 0.5) is 0 Å². The van der Waals surface area contributed by atoms with Gasteiger partial charge >= 0.3 is 0 Å². The summed E-state index contributed by atoms with van der Waals surface area (Å²) in [7, 11) is 0. The Bertz CT molecular complexity index is 794. The number of benzene rings is 1. The van der Waals surface area contributed by atoms with Gasteiger partial charge in [-0.15, -0.1) is 0 Å². The van der Waals surface area contributed by atoms with Crippen molar-refractivity contribution >= 4 is 5.78 Å². The predicted octanol–water partition coefficient (Wildman–Crippen LogP) is 2.55. The van der Waals surface area contributed by atoms with Gasteiger partial charge in [0.15, 0.2) is 11.5 Å². The number of aryl methyl sites for hydroxylation is 1. The first-order valence-electron chi connectivity index (χ1n) is 7.88. The molecule has 0 amide bonds. The number of fused-ring (bicyclic) bond motifs is 2. The number of ketones is 1. The summed E-state index contributed by atoms with van der Waals surface area (Å²) < 4.78 is 10.9. The second kappa shape index (κ2) is 5.13. The van der Waals surface area contributed by atoms with Crippen molar-refractivity contribution in [3.63, 3.8) is 0 Å². The first-order valence-corrected chi connectivity index (χ1v) is 7.88. The van der Waals surface area contributed by atoms with E-state index in [4.69, 9.17) is 9.47 Å². The minimum atomic E-state index is -0.160. The van der Waals surface area contributed by atoms with Gasteiger partial charge in [0.25, 0.3) is 0 Å². The summed E-state index contributed by atoms with van der Waals surface area (Å²) in [6.45, 7) is 6.10. The fraction of sp³-hybridized carbons (Fsp3) is 0.389. The first-order chi connectivity index (χ1) is 11.0. The number of aromatic amines is 1. The van der Waals surface area contributed by atoms with Crippen LogP contribution >= 0.6 is 0 Å². The van der Waals surface area contributed by atoms with Gasteiger partial charge < -0.3 is 14.5 Å². The zero-order chi connectivity index (χ0) is 16.1. The third-order valence-electron chi connectivity index (χ3n) is 4.95. The highest BCUT2D eigenvalue weighted by Gasteiger charge is 2.33. The van der Waals surface area contributed by atoms with Gasteiger partial charge in [-0.05, 0) is 56.0 Å². The van der Waals surface area contributed by atoms with Crippen LogP contribution in [0.2, 0.25) is 0 Å². The lowest BCUT2D eigenvalue weighted by molar-refractivity contribution is -0.119. The Morgan fingerprint density at radius 2 is 2.00 bits per heavy atom. The third-order valence-corrected chi connectivity index (χ3v) is 4.95. The summed E-state index contributed by atoms with van der Waals surface area (Å²) in [6, 6.07) is 5.75. The fourth-order valence-corrected chi connectivity index (χ4v) is 3.47. The first kappa shape index (κ1) is 14.3. The zero-order valence-corrected chi connectivity index (χ0v) is 13.5. The van der Waals surface area contributed by atoms with Gasteiger partial charge in [0.1, 0.15) is 5.78 Å². The third kappa shape index (κ3) is 2.23. The topological polar surface area (TPSA) is 63.4 Å². The molecule has 2 N–H and O–H groups in total. The van der Waals surface area contributed by atoms with E-state index < -0.39 is 0 Å². The molecule has 1 aromatic carbocycles. The molecule has 2 aromatic rings. The molecule has 0 spiro atoms. The number of ether oxygens (including phenoxy) is 2. The van der Waals surface area contributed by atoms with Crippen molar-refractivity contribution in [1.82, 2.24) is 10.3 Å². The molecule has 1 aromatic heterocycles. The average Bonchev–Trinajstić information content (AvgIpc) is 3.11. The van der Waals surface area contributed by atoms with E-state index in [0.29, 0.717) is 0 Å². The van der Waals surface area contributed by atoms with Crippen LogP contribution in [0.15, 0.2) is 18.2 Å². The Labute approximate surface area is 135 Å². The molecule has 2 atom stereocenters. The van der Waals surface area contributed by atoms with Crippen molar-refractivity contribution in [3.8, 4) is 11.5 Å². The maximum atomic E-state index is 12.0. The predicted molar refractivity (Wildman–Crippen MR) is 86.0 cm³/mol. The number of carbonyl (C=O) groups is 1. The molecule has 3 heterocycles. The second-order valence-corrected chi connectivity index (χ2v) is 6.35. The summed E-state index contributed by atoms with van der Waals surface area (Å²) in [5.41, 5.74) is 5.88. The summed E-state index contributed by atoms with van der Waals surface area (Å²) in [6.07, 6.45) is 0.738. The molecule has 0 fully saturated rings. The van der Waals surface area contributed by atoms with Gasteiger partial charge in [0, 0.05) is 11.4 Å². The fourth-order valence-electron chi connectivity index (χ4n) is 3.47. The van der Waals surface area contributed by atoms with Crippen molar-refractivity contribution in [2.45, 2.75) is 39.3 Å².